The number of hydrogen-bond donors (Lipinski definition) is 0. The summed E-state index contributed by atoms with van der Waals surface area (Å²) in [6.45, 7) is 9.10. The van der Waals surface area contributed by atoms with Crippen molar-refractivity contribution in [1.82, 2.24) is 4.90 Å². The van der Waals surface area contributed by atoms with Crippen molar-refractivity contribution in [2.45, 2.75) is 26.9 Å². The number of para-hydroxylation sites is 1. The second-order valence-corrected chi connectivity index (χ2v) is 6.81. The number of methoxy groups -OCH3 is 1. The number of hydrogen-bond acceptors (Lipinski definition) is 4. The van der Waals surface area contributed by atoms with Crippen molar-refractivity contribution in [3.8, 4) is 5.75 Å². The van der Waals surface area contributed by atoms with Crippen LogP contribution >= 0.6 is 0 Å². The summed E-state index contributed by atoms with van der Waals surface area (Å²) in [5.41, 5.74) is 0.603. The second kappa shape index (κ2) is 7.79. The molecule has 128 valence electrons. The van der Waals surface area contributed by atoms with Gasteiger partial charge in [0.1, 0.15) is 12.4 Å². The van der Waals surface area contributed by atoms with Gasteiger partial charge in [-0.2, -0.15) is 0 Å². The molecule has 1 fully saturated rings. The van der Waals surface area contributed by atoms with Gasteiger partial charge in [0, 0.05) is 20.2 Å². The van der Waals surface area contributed by atoms with Crippen molar-refractivity contribution in [2.24, 2.45) is 5.41 Å². The largest absolute Gasteiger partial charge is 0.490 e. The fraction of sp³-hybridized carbons (Fsp3) is 0.611. The van der Waals surface area contributed by atoms with Crippen LogP contribution in [-0.4, -0.2) is 56.9 Å². The molecule has 1 heterocycles. The molecule has 1 aromatic carbocycles. The number of carbonyl (C=O) groups is 1. The minimum Gasteiger partial charge on any atom is -0.490 e. The van der Waals surface area contributed by atoms with E-state index in [-0.39, 0.29) is 17.4 Å². The number of morpholine rings is 1. The molecule has 0 N–H and O–H groups in total. The molecule has 5 heteroatoms. The van der Waals surface area contributed by atoms with E-state index in [9.17, 15) is 4.79 Å². The van der Waals surface area contributed by atoms with E-state index in [1.807, 2.05) is 29.2 Å². The van der Waals surface area contributed by atoms with Crippen molar-refractivity contribution in [1.29, 1.82) is 0 Å². The Morgan fingerprint density at radius 1 is 1.30 bits per heavy atom. The molecule has 1 aromatic rings. The summed E-state index contributed by atoms with van der Waals surface area (Å²) in [5, 5.41) is 0. The summed E-state index contributed by atoms with van der Waals surface area (Å²) in [5.74, 6) is 0.601. The molecular weight excluding hydrogens is 294 g/mol. The third-order valence-electron chi connectivity index (χ3n) is 3.98. The van der Waals surface area contributed by atoms with Crippen LogP contribution in [0.15, 0.2) is 24.3 Å². The van der Waals surface area contributed by atoms with Crippen LogP contribution in [-0.2, 0) is 9.47 Å². The van der Waals surface area contributed by atoms with Gasteiger partial charge in [-0.3, -0.25) is 4.79 Å². The van der Waals surface area contributed by atoms with Crippen LogP contribution in [0.25, 0.3) is 0 Å². The maximum absolute atomic E-state index is 12.9. The van der Waals surface area contributed by atoms with Crippen LogP contribution in [0, 0.1) is 5.41 Å². The van der Waals surface area contributed by atoms with Crippen LogP contribution < -0.4 is 4.74 Å². The van der Waals surface area contributed by atoms with Gasteiger partial charge in [0.15, 0.2) is 0 Å². The van der Waals surface area contributed by atoms with E-state index in [0.29, 0.717) is 44.2 Å². The van der Waals surface area contributed by atoms with Crippen LogP contribution in [0.1, 0.15) is 31.1 Å². The summed E-state index contributed by atoms with van der Waals surface area (Å²) >= 11 is 0. The highest BCUT2D eigenvalue weighted by Gasteiger charge is 2.33. The van der Waals surface area contributed by atoms with Crippen LogP contribution in [0.5, 0.6) is 5.75 Å². The smallest absolute Gasteiger partial charge is 0.257 e. The summed E-state index contributed by atoms with van der Waals surface area (Å²) in [6, 6.07) is 7.37. The SMILES string of the molecule is COCCOc1ccccc1C(=O)N1CCOC(C(C)(C)C)C1. The first kappa shape index (κ1) is 17.8. The van der Waals surface area contributed by atoms with Crippen molar-refractivity contribution < 1.29 is 19.0 Å². The lowest BCUT2D eigenvalue weighted by molar-refractivity contribution is -0.0707. The summed E-state index contributed by atoms with van der Waals surface area (Å²) < 4.78 is 16.5. The Bertz CT molecular complexity index is 524. The zero-order valence-electron chi connectivity index (χ0n) is 14.5. The van der Waals surface area contributed by atoms with E-state index in [1.165, 1.54) is 0 Å². The molecule has 1 aliphatic heterocycles. The van der Waals surface area contributed by atoms with Crippen LogP contribution in [0.3, 0.4) is 0 Å². The molecule has 1 atom stereocenters. The Morgan fingerprint density at radius 3 is 2.74 bits per heavy atom. The topological polar surface area (TPSA) is 48.0 Å². The zero-order valence-corrected chi connectivity index (χ0v) is 14.5. The minimum atomic E-state index is -0.00410. The van der Waals surface area contributed by atoms with Crippen LogP contribution in [0.2, 0.25) is 0 Å². The first-order valence-electron chi connectivity index (χ1n) is 8.05. The monoisotopic (exact) mass is 321 g/mol. The van der Waals surface area contributed by atoms with Crippen molar-refractivity contribution >= 4 is 5.91 Å². The molecule has 23 heavy (non-hydrogen) atoms. The molecule has 0 spiro atoms. The number of carbonyl (C=O) groups excluding carboxylic acids is 1. The fourth-order valence-electron chi connectivity index (χ4n) is 2.53. The van der Waals surface area contributed by atoms with Gasteiger partial charge in [0.2, 0.25) is 0 Å². The number of nitrogens with zero attached hydrogens (tertiary/aromatic N) is 1. The molecule has 0 radical (unpaired) electrons. The highest BCUT2D eigenvalue weighted by atomic mass is 16.5. The molecule has 0 aromatic heterocycles. The van der Waals surface area contributed by atoms with Gasteiger partial charge in [0.05, 0.1) is 24.9 Å². The normalized spacial score (nSPS) is 18.8. The average molecular weight is 321 g/mol. The van der Waals surface area contributed by atoms with Crippen LogP contribution in [0.4, 0.5) is 0 Å². The zero-order chi connectivity index (χ0) is 16.9. The number of rotatable bonds is 5. The quantitative estimate of drug-likeness (QED) is 0.782. The summed E-state index contributed by atoms with van der Waals surface area (Å²) in [6.07, 6.45) is 0.0433. The highest BCUT2D eigenvalue weighted by molar-refractivity contribution is 5.97. The maximum Gasteiger partial charge on any atom is 0.257 e. The van der Waals surface area contributed by atoms with E-state index in [4.69, 9.17) is 14.2 Å². The lowest BCUT2D eigenvalue weighted by Gasteiger charge is -2.39. The maximum atomic E-state index is 12.9. The Morgan fingerprint density at radius 2 is 2.04 bits per heavy atom. The summed E-state index contributed by atoms with van der Waals surface area (Å²) in [4.78, 5) is 14.7. The van der Waals surface area contributed by atoms with Gasteiger partial charge in [-0.05, 0) is 17.5 Å². The lowest BCUT2D eigenvalue weighted by Crippen LogP contribution is -2.50. The lowest BCUT2D eigenvalue weighted by atomic mass is 9.88. The third kappa shape index (κ3) is 4.69. The number of benzene rings is 1. The van der Waals surface area contributed by atoms with Crippen molar-refractivity contribution in [3.63, 3.8) is 0 Å². The standard InChI is InChI=1S/C18H27NO4/c1-18(2,3)16-13-19(9-10-23-16)17(20)14-7-5-6-8-15(14)22-12-11-21-4/h5-8,16H,9-13H2,1-4H3. The molecule has 1 aliphatic rings. The fourth-order valence-corrected chi connectivity index (χ4v) is 2.53. The van der Waals surface area contributed by atoms with Gasteiger partial charge < -0.3 is 19.1 Å². The van der Waals surface area contributed by atoms with Crippen molar-refractivity contribution in [3.05, 3.63) is 29.8 Å². The Kier molecular flexibility index (Phi) is 6.02. The first-order chi connectivity index (χ1) is 10.9. The molecule has 2 rings (SSSR count). The van der Waals surface area contributed by atoms with Gasteiger partial charge in [-0.1, -0.05) is 32.9 Å². The molecule has 1 saturated heterocycles. The van der Waals surface area contributed by atoms with Gasteiger partial charge in [-0.15, -0.1) is 0 Å². The van der Waals surface area contributed by atoms with E-state index in [2.05, 4.69) is 20.8 Å². The predicted octanol–water partition coefficient (Wildman–Crippen LogP) is 2.60. The molecule has 5 nitrogen and oxygen atoms in total. The van der Waals surface area contributed by atoms with Gasteiger partial charge in [-0.25, -0.2) is 0 Å². The third-order valence-corrected chi connectivity index (χ3v) is 3.98. The molecular formula is C18H27NO4. The predicted molar refractivity (Wildman–Crippen MR) is 88.9 cm³/mol. The Labute approximate surface area is 138 Å². The number of amides is 1. The molecule has 1 amide bonds. The van der Waals surface area contributed by atoms with Gasteiger partial charge in [0.25, 0.3) is 5.91 Å². The minimum absolute atomic E-state index is 0.00410. The molecule has 0 aliphatic carbocycles. The highest BCUT2D eigenvalue weighted by Crippen LogP contribution is 2.27. The molecule has 0 saturated carbocycles. The number of ether oxygens (including phenoxy) is 3. The van der Waals surface area contributed by atoms with E-state index in [1.54, 1.807) is 7.11 Å². The Balaban J connectivity index is 2.10. The van der Waals surface area contributed by atoms with Gasteiger partial charge >= 0.3 is 0 Å². The second-order valence-electron chi connectivity index (χ2n) is 6.81. The molecule has 1 unspecified atom stereocenters. The van der Waals surface area contributed by atoms with Crippen molar-refractivity contribution in [2.75, 3.05) is 40.0 Å². The Hall–Kier alpha value is -1.59. The molecule has 0 bridgehead atoms. The first-order valence-corrected chi connectivity index (χ1v) is 8.05. The van der Waals surface area contributed by atoms with E-state index in [0.717, 1.165) is 0 Å². The van der Waals surface area contributed by atoms with E-state index < -0.39 is 0 Å². The van der Waals surface area contributed by atoms with E-state index >= 15 is 0 Å². The summed E-state index contributed by atoms with van der Waals surface area (Å²) in [7, 11) is 1.63. The average Bonchev–Trinajstić information content (AvgIpc) is 2.54.